The molecule has 0 saturated carbocycles. The van der Waals surface area contributed by atoms with Crippen molar-refractivity contribution >= 4 is 59.9 Å². The van der Waals surface area contributed by atoms with Gasteiger partial charge in [-0.05, 0) is 77.2 Å². The minimum atomic E-state index is 0.946. The van der Waals surface area contributed by atoms with Crippen molar-refractivity contribution in [3.8, 4) is 39.3 Å². The maximum Gasteiger partial charge on any atom is 0.0716 e. The summed E-state index contributed by atoms with van der Waals surface area (Å²) in [5, 5.41) is 7.49. The third-order valence-electron chi connectivity index (χ3n) is 10.6. The van der Waals surface area contributed by atoms with Gasteiger partial charge in [0.25, 0.3) is 0 Å². The number of pyridine rings is 2. The number of benzene rings is 7. The van der Waals surface area contributed by atoms with Crippen molar-refractivity contribution < 1.29 is 0 Å². The van der Waals surface area contributed by atoms with Crippen LogP contribution < -0.4 is 0 Å². The van der Waals surface area contributed by atoms with E-state index in [4.69, 9.17) is 4.98 Å². The molecule has 0 saturated heterocycles. The Balaban J connectivity index is 1.17. The first kappa shape index (κ1) is 28.8. The predicted octanol–water partition coefficient (Wildman–Crippen LogP) is 12.9. The molecule has 3 nitrogen and oxygen atoms in total. The molecule has 0 fully saturated rings. The van der Waals surface area contributed by atoms with Crippen molar-refractivity contribution in [1.82, 2.24) is 14.0 Å². The third kappa shape index (κ3) is 4.36. The van der Waals surface area contributed by atoms with Gasteiger partial charge >= 0.3 is 0 Å². The fourth-order valence-electron chi connectivity index (χ4n) is 8.27. The lowest BCUT2D eigenvalue weighted by Gasteiger charge is -2.14. The molecule has 7 aromatic carbocycles. The largest absolute Gasteiger partial charge is 0.309 e. The topological polar surface area (TPSA) is 22.2 Å². The van der Waals surface area contributed by atoms with Crippen LogP contribution in [0, 0.1) is 0 Å². The average Bonchev–Trinajstić information content (AvgIpc) is 3.77. The number of hydrogen-bond donors (Lipinski definition) is 0. The summed E-state index contributed by atoms with van der Waals surface area (Å²) in [4.78, 5) is 5.26. The molecule has 0 spiro atoms. The molecular weight excluding hydrogens is 631 g/mol. The average molecular weight is 662 g/mol. The van der Waals surface area contributed by atoms with E-state index in [2.05, 4.69) is 197 Å². The number of aromatic nitrogens is 3. The van der Waals surface area contributed by atoms with Crippen LogP contribution in [0.3, 0.4) is 0 Å². The fraction of sp³-hybridized carbons (Fsp3) is 0. The number of fused-ring (bicyclic) bond motifs is 11. The van der Waals surface area contributed by atoms with E-state index in [1.165, 1.54) is 65.5 Å². The van der Waals surface area contributed by atoms with Gasteiger partial charge in [-0.3, -0.25) is 0 Å². The standard InChI is InChI=1S/C49H31N3/c1-3-14-32(15-4-1)36-27-43(33-16-5-2-6-17-33)50-44(28-36)34-19-13-20-37(26-34)51-46-24-11-9-22-39(46)41-30-42-40(31-49(41)51)38-21-8-12-25-47(38)52-45-23-10-7-18-35(45)29-48(42)52/h1-31H. The molecule has 0 N–H and O–H groups in total. The van der Waals surface area contributed by atoms with Crippen LogP contribution in [-0.2, 0) is 0 Å². The lowest BCUT2D eigenvalue weighted by Crippen LogP contribution is -1.96. The zero-order chi connectivity index (χ0) is 34.2. The summed E-state index contributed by atoms with van der Waals surface area (Å²) >= 11 is 0. The van der Waals surface area contributed by atoms with Gasteiger partial charge in [-0.15, -0.1) is 0 Å². The molecule has 0 aliphatic carbocycles. The van der Waals surface area contributed by atoms with E-state index in [-0.39, 0.29) is 0 Å². The van der Waals surface area contributed by atoms with E-state index in [9.17, 15) is 0 Å². The van der Waals surface area contributed by atoms with Gasteiger partial charge in [-0.1, -0.05) is 127 Å². The van der Waals surface area contributed by atoms with Crippen LogP contribution >= 0.6 is 0 Å². The van der Waals surface area contributed by atoms with Gasteiger partial charge in [-0.2, -0.15) is 0 Å². The summed E-state index contributed by atoms with van der Waals surface area (Å²) in [6.45, 7) is 0. The molecule has 11 aromatic rings. The molecular formula is C49H31N3. The van der Waals surface area contributed by atoms with E-state index >= 15 is 0 Å². The Morgan fingerprint density at radius 2 is 0.904 bits per heavy atom. The first-order valence-electron chi connectivity index (χ1n) is 17.8. The van der Waals surface area contributed by atoms with Gasteiger partial charge < -0.3 is 8.97 Å². The Bertz CT molecular complexity index is 3110. The Morgan fingerprint density at radius 3 is 1.69 bits per heavy atom. The van der Waals surface area contributed by atoms with E-state index in [0.29, 0.717) is 0 Å². The van der Waals surface area contributed by atoms with E-state index in [1.807, 2.05) is 0 Å². The second-order valence-corrected chi connectivity index (χ2v) is 13.6. The van der Waals surface area contributed by atoms with Gasteiger partial charge in [-0.25, -0.2) is 4.98 Å². The monoisotopic (exact) mass is 661 g/mol. The Kier molecular flexibility index (Phi) is 6.25. The summed E-state index contributed by atoms with van der Waals surface area (Å²) in [6, 6.07) is 67.8. The lowest BCUT2D eigenvalue weighted by molar-refractivity contribution is 1.18. The van der Waals surface area contributed by atoms with Crippen molar-refractivity contribution in [1.29, 1.82) is 0 Å². The van der Waals surface area contributed by atoms with Crippen molar-refractivity contribution in [3.05, 3.63) is 188 Å². The second-order valence-electron chi connectivity index (χ2n) is 13.6. The molecule has 3 heteroatoms. The van der Waals surface area contributed by atoms with E-state index in [1.54, 1.807) is 0 Å². The summed E-state index contributed by atoms with van der Waals surface area (Å²) in [6.07, 6.45) is 0. The van der Waals surface area contributed by atoms with Crippen LogP contribution in [-0.4, -0.2) is 14.0 Å². The van der Waals surface area contributed by atoms with Crippen LogP contribution in [0.1, 0.15) is 0 Å². The highest BCUT2D eigenvalue weighted by Gasteiger charge is 2.18. The molecule has 11 rings (SSSR count). The molecule has 4 heterocycles. The fourth-order valence-corrected chi connectivity index (χ4v) is 8.27. The molecule has 0 radical (unpaired) electrons. The minimum Gasteiger partial charge on any atom is -0.309 e. The summed E-state index contributed by atoms with van der Waals surface area (Å²) in [5.41, 5.74) is 13.6. The van der Waals surface area contributed by atoms with E-state index in [0.717, 1.165) is 33.8 Å². The van der Waals surface area contributed by atoms with E-state index < -0.39 is 0 Å². The molecule has 0 bridgehead atoms. The molecule has 242 valence electrons. The zero-order valence-electron chi connectivity index (χ0n) is 28.2. The molecule has 0 aliphatic heterocycles. The third-order valence-corrected chi connectivity index (χ3v) is 10.6. The van der Waals surface area contributed by atoms with Crippen molar-refractivity contribution in [2.75, 3.05) is 0 Å². The molecule has 52 heavy (non-hydrogen) atoms. The Hall–Kier alpha value is -6.97. The lowest BCUT2D eigenvalue weighted by atomic mass is 10.00. The summed E-state index contributed by atoms with van der Waals surface area (Å²) in [5.74, 6) is 0. The highest BCUT2D eigenvalue weighted by Crippen LogP contribution is 2.41. The van der Waals surface area contributed by atoms with Gasteiger partial charge in [0.15, 0.2) is 0 Å². The first-order chi connectivity index (χ1) is 25.8. The Morgan fingerprint density at radius 1 is 0.308 bits per heavy atom. The second kappa shape index (κ2) is 11.3. The molecule has 0 amide bonds. The maximum atomic E-state index is 5.26. The summed E-state index contributed by atoms with van der Waals surface area (Å²) in [7, 11) is 0. The highest BCUT2D eigenvalue weighted by molar-refractivity contribution is 6.22. The van der Waals surface area contributed by atoms with Gasteiger partial charge in [0.2, 0.25) is 0 Å². The smallest absolute Gasteiger partial charge is 0.0716 e. The molecule has 0 unspecified atom stereocenters. The van der Waals surface area contributed by atoms with Crippen molar-refractivity contribution in [2.24, 2.45) is 0 Å². The van der Waals surface area contributed by atoms with Gasteiger partial charge in [0.05, 0.1) is 39.0 Å². The van der Waals surface area contributed by atoms with Crippen LogP contribution in [0.4, 0.5) is 0 Å². The predicted molar refractivity (Wildman–Crippen MR) is 218 cm³/mol. The maximum absolute atomic E-state index is 5.26. The van der Waals surface area contributed by atoms with Crippen LogP contribution in [0.15, 0.2) is 188 Å². The minimum absolute atomic E-state index is 0.946. The SMILES string of the molecule is c1ccc(-c2cc(-c3ccccc3)nc(-c3cccc(-n4c5ccccc5c5cc6c(cc54)c4ccccc4n4c5ccccc5cc64)c3)c2)cc1. The van der Waals surface area contributed by atoms with Crippen molar-refractivity contribution in [2.45, 2.75) is 0 Å². The van der Waals surface area contributed by atoms with Crippen LogP contribution in [0.5, 0.6) is 0 Å². The number of hydrogen-bond acceptors (Lipinski definition) is 1. The van der Waals surface area contributed by atoms with Crippen LogP contribution in [0.25, 0.3) is 99.2 Å². The Labute approximate surface area is 300 Å². The zero-order valence-corrected chi connectivity index (χ0v) is 28.2. The normalized spacial score (nSPS) is 11.8. The number of para-hydroxylation sites is 3. The first-order valence-corrected chi connectivity index (χ1v) is 17.8. The quantitative estimate of drug-likeness (QED) is 0.172. The highest BCUT2D eigenvalue weighted by atomic mass is 15.0. The van der Waals surface area contributed by atoms with Crippen LogP contribution in [0.2, 0.25) is 0 Å². The molecule has 0 atom stereocenters. The molecule has 0 aliphatic rings. The number of nitrogens with zero attached hydrogens (tertiary/aromatic N) is 3. The summed E-state index contributed by atoms with van der Waals surface area (Å²) < 4.78 is 4.86. The molecule has 4 aromatic heterocycles. The van der Waals surface area contributed by atoms with Gasteiger partial charge in [0, 0.05) is 43.7 Å². The van der Waals surface area contributed by atoms with Gasteiger partial charge in [0.1, 0.15) is 0 Å². The van der Waals surface area contributed by atoms with Crippen molar-refractivity contribution in [3.63, 3.8) is 0 Å². The number of rotatable bonds is 4.